The molecule has 0 aliphatic carbocycles. The van der Waals surface area contributed by atoms with Gasteiger partial charge in [0.2, 0.25) is 11.8 Å². The molecule has 0 aromatic carbocycles. The van der Waals surface area contributed by atoms with Crippen molar-refractivity contribution >= 4 is 17.8 Å². The minimum absolute atomic E-state index is 0.0108. The SMILES string of the molecule is NC(=O)CC[C@H](NC(=O)[C@H]1CCCO1)C(=O)O. The summed E-state index contributed by atoms with van der Waals surface area (Å²) in [5, 5.41) is 11.2. The molecular weight excluding hydrogens is 228 g/mol. The lowest BCUT2D eigenvalue weighted by Gasteiger charge is -2.16. The number of hydrogen-bond acceptors (Lipinski definition) is 4. The Morgan fingerprint density at radius 3 is 2.65 bits per heavy atom. The third kappa shape index (κ3) is 4.39. The first-order chi connectivity index (χ1) is 8.00. The van der Waals surface area contributed by atoms with Crippen LogP contribution in [0.5, 0.6) is 0 Å². The number of aliphatic carboxylic acids is 1. The van der Waals surface area contributed by atoms with E-state index >= 15 is 0 Å². The minimum Gasteiger partial charge on any atom is -0.480 e. The summed E-state index contributed by atoms with van der Waals surface area (Å²) in [4.78, 5) is 33.0. The van der Waals surface area contributed by atoms with Gasteiger partial charge in [-0.15, -0.1) is 0 Å². The number of ether oxygens (including phenoxy) is 1. The van der Waals surface area contributed by atoms with E-state index in [4.69, 9.17) is 15.6 Å². The second-order valence-electron chi connectivity index (χ2n) is 3.91. The van der Waals surface area contributed by atoms with Crippen LogP contribution in [0.3, 0.4) is 0 Å². The van der Waals surface area contributed by atoms with Gasteiger partial charge in [0.15, 0.2) is 0 Å². The Balaban J connectivity index is 2.44. The standard InChI is InChI=1S/C10H16N2O5/c11-8(13)4-3-6(10(15)16)12-9(14)7-2-1-5-17-7/h6-7H,1-5H2,(H2,11,13)(H,12,14)(H,15,16)/t6-,7+/m0/s1. The van der Waals surface area contributed by atoms with Crippen LogP contribution in [0, 0.1) is 0 Å². The van der Waals surface area contributed by atoms with Gasteiger partial charge in [-0.3, -0.25) is 9.59 Å². The van der Waals surface area contributed by atoms with Crippen LogP contribution < -0.4 is 11.1 Å². The molecule has 17 heavy (non-hydrogen) atoms. The highest BCUT2D eigenvalue weighted by molar-refractivity contribution is 5.86. The van der Waals surface area contributed by atoms with Crippen molar-refractivity contribution < 1.29 is 24.2 Å². The molecule has 4 N–H and O–H groups in total. The molecule has 1 heterocycles. The average molecular weight is 244 g/mol. The predicted octanol–water partition coefficient (Wildman–Crippen LogP) is -1.000. The first kappa shape index (κ1) is 13.4. The first-order valence-electron chi connectivity index (χ1n) is 5.44. The van der Waals surface area contributed by atoms with Crippen LogP contribution in [0.4, 0.5) is 0 Å². The molecule has 0 spiro atoms. The molecule has 0 unspecified atom stereocenters. The molecule has 0 aromatic heterocycles. The van der Waals surface area contributed by atoms with Crippen molar-refractivity contribution in [3.05, 3.63) is 0 Å². The monoisotopic (exact) mass is 244 g/mol. The second kappa shape index (κ2) is 6.19. The lowest BCUT2D eigenvalue weighted by atomic mass is 10.1. The van der Waals surface area contributed by atoms with Crippen LogP contribution in [0.1, 0.15) is 25.7 Å². The normalized spacial score (nSPS) is 20.8. The van der Waals surface area contributed by atoms with Gasteiger partial charge in [0.25, 0.3) is 0 Å². The Hall–Kier alpha value is -1.63. The molecule has 2 atom stereocenters. The van der Waals surface area contributed by atoms with Gasteiger partial charge in [0, 0.05) is 13.0 Å². The number of carbonyl (C=O) groups excluding carboxylic acids is 2. The molecule has 7 nitrogen and oxygen atoms in total. The Bertz CT molecular complexity index is 312. The lowest BCUT2D eigenvalue weighted by Crippen LogP contribution is -2.45. The summed E-state index contributed by atoms with van der Waals surface area (Å²) in [7, 11) is 0. The quantitative estimate of drug-likeness (QED) is 0.553. The zero-order valence-electron chi connectivity index (χ0n) is 9.35. The molecule has 96 valence electrons. The van der Waals surface area contributed by atoms with Gasteiger partial charge in [-0.2, -0.15) is 0 Å². The summed E-state index contributed by atoms with van der Waals surface area (Å²) in [6.07, 6.45) is 0.710. The number of primary amides is 1. The van der Waals surface area contributed by atoms with E-state index in [-0.39, 0.29) is 12.8 Å². The number of hydrogen-bond donors (Lipinski definition) is 3. The smallest absolute Gasteiger partial charge is 0.326 e. The zero-order valence-corrected chi connectivity index (χ0v) is 9.35. The van der Waals surface area contributed by atoms with Gasteiger partial charge in [-0.05, 0) is 19.3 Å². The summed E-state index contributed by atoms with van der Waals surface area (Å²) in [6.45, 7) is 0.511. The van der Waals surface area contributed by atoms with Crippen molar-refractivity contribution in [2.75, 3.05) is 6.61 Å². The van der Waals surface area contributed by atoms with Crippen molar-refractivity contribution in [2.24, 2.45) is 5.73 Å². The van der Waals surface area contributed by atoms with Gasteiger partial charge < -0.3 is 20.9 Å². The highest BCUT2D eigenvalue weighted by Gasteiger charge is 2.28. The van der Waals surface area contributed by atoms with Crippen molar-refractivity contribution in [2.45, 2.75) is 37.8 Å². The minimum atomic E-state index is -1.18. The second-order valence-corrected chi connectivity index (χ2v) is 3.91. The topological polar surface area (TPSA) is 119 Å². The largest absolute Gasteiger partial charge is 0.480 e. The molecule has 2 amide bonds. The van der Waals surface area contributed by atoms with Crippen LogP contribution in [0.15, 0.2) is 0 Å². The Morgan fingerprint density at radius 1 is 1.47 bits per heavy atom. The first-order valence-corrected chi connectivity index (χ1v) is 5.44. The highest BCUT2D eigenvalue weighted by Crippen LogP contribution is 2.12. The number of rotatable bonds is 6. The number of amides is 2. The maximum Gasteiger partial charge on any atom is 0.326 e. The molecule has 0 saturated carbocycles. The number of nitrogens with one attached hydrogen (secondary N) is 1. The van der Waals surface area contributed by atoms with Crippen LogP contribution in [-0.4, -0.2) is 41.6 Å². The van der Waals surface area contributed by atoms with E-state index in [2.05, 4.69) is 5.32 Å². The van der Waals surface area contributed by atoms with E-state index in [1.807, 2.05) is 0 Å². The maximum absolute atomic E-state index is 11.6. The summed E-state index contributed by atoms with van der Waals surface area (Å²) in [5.74, 6) is -2.22. The van der Waals surface area contributed by atoms with E-state index in [1.165, 1.54) is 0 Å². The average Bonchev–Trinajstić information content (AvgIpc) is 2.76. The van der Waals surface area contributed by atoms with Gasteiger partial charge in [0.1, 0.15) is 12.1 Å². The fraction of sp³-hybridized carbons (Fsp3) is 0.700. The summed E-state index contributed by atoms with van der Waals surface area (Å²) in [6, 6.07) is -1.10. The molecule has 0 radical (unpaired) electrons. The predicted molar refractivity (Wildman–Crippen MR) is 57.0 cm³/mol. The Morgan fingerprint density at radius 2 is 2.18 bits per heavy atom. The van der Waals surface area contributed by atoms with Crippen molar-refractivity contribution in [3.63, 3.8) is 0 Å². The van der Waals surface area contributed by atoms with E-state index in [9.17, 15) is 14.4 Å². The van der Waals surface area contributed by atoms with Crippen LogP contribution in [0.25, 0.3) is 0 Å². The molecule has 0 bridgehead atoms. The van der Waals surface area contributed by atoms with Gasteiger partial charge >= 0.3 is 5.97 Å². The molecule has 1 saturated heterocycles. The number of carboxylic acids is 1. The third-order valence-electron chi connectivity index (χ3n) is 2.52. The van der Waals surface area contributed by atoms with Crippen LogP contribution in [-0.2, 0) is 19.1 Å². The number of carbonyl (C=O) groups is 3. The summed E-state index contributed by atoms with van der Waals surface area (Å²) in [5.41, 5.74) is 4.92. The Labute approximate surface area is 98.3 Å². The van der Waals surface area contributed by atoms with Crippen molar-refractivity contribution in [3.8, 4) is 0 Å². The van der Waals surface area contributed by atoms with E-state index in [0.717, 1.165) is 6.42 Å². The van der Waals surface area contributed by atoms with Crippen LogP contribution >= 0.6 is 0 Å². The molecule has 1 fully saturated rings. The zero-order chi connectivity index (χ0) is 12.8. The van der Waals surface area contributed by atoms with E-state index in [1.54, 1.807) is 0 Å². The highest BCUT2D eigenvalue weighted by atomic mass is 16.5. The summed E-state index contributed by atoms with van der Waals surface area (Å²) >= 11 is 0. The van der Waals surface area contributed by atoms with Gasteiger partial charge in [-0.1, -0.05) is 0 Å². The lowest BCUT2D eigenvalue weighted by molar-refractivity contribution is -0.144. The van der Waals surface area contributed by atoms with Crippen molar-refractivity contribution in [1.29, 1.82) is 0 Å². The maximum atomic E-state index is 11.6. The van der Waals surface area contributed by atoms with Gasteiger partial charge in [-0.25, -0.2) is 4.79 Å². The summed E-state index contributed by atoms with van der Waals surface area (Å²) < 4.78 is 5.12. The molecular formula is C10H16N2O5. The fourth-order valence-corrected chi connectivity index (χ4v) is 1.59. The molecule has 1 rings (SSSR count). The molecule has 0 aromatic rings. The van der Waals surface area contributed by atoms with Gasteiger partial charge in [0.05, 0.1) is 0 Å². The number of nitrogens with two attached hydrogens (primary N) is 1. The molecule has 1 aliphatic heterocycles. The molecule has 1 aliphatic rings. The fourth-order valence-electron chi connectivity index (χ4n) is 1.59. The Kier molecular flexibility index (Phi) is 4.89. The van der Waals surface area contributed by atoms with E-state index in [0.29, 0.717) is 13.0 Å². The van der Waals surface area contributed by atoms with E-state index < -0.39 is 29.9 Å². The molecule has 7 heteroatoms. The van der Waals surface area contributed by atoms with Crippen molar-refractivity contribution in [1.82, 2.24) is 5.32 Å². The third-order valence-corrected chi connectivity index (χ3v) is 2.52. The number of carboxylic acid groups (broad SMARTS) is 1. The van der Waals surface area contributed by atoms with Crippen LogP contribution in [0.2, 0.25) is 0 Å².